The summed E-state index contributed by atoms with van der Waals surface area (Å²) in [7, 11) is -4.39. The van der Waals surface area contributed by atoms with Crippen molar-refractivity contribution in [3.8, 4) is 17.4 Å². The summed E-state index contributed by atoms with van der Waals surface area (Å²) in [6.45, 7) is 8.36. The van der Waals surface area contributed by atoms with Crippen molar-refractivity contribution in [3.63, 3.8) is 0 Å². The van der Waals surface area contributed by atoms with E-state index in [1.165, 1.54) is 28.8 Å². The lowest BCUT2D eigenvalue weighted by Gasteiger charge is -2.34. The van der Waals surface area contributed by atoms with Gasteiger partial charge in [-0.2, -0.15) is 5.10 Å². The zero-order valence-electron chi connectivity index (χ0n) is 31.9. The molecule has 57 heavy (non-hydrogen) atoms. The van der Waals surface area contributed by atoms with Gasteiger partial charge < -0.3 is 24.8 Å². The van der Waals surface area contributed by atoms with E-state index in [1.807, 2.05) is 18.2 Å². The molecule has 1 fully saturated rings. The number of benzene rings is 3. The predicted molar refractivity (Wildman–Crippen MR) is 223 cm³/mol. The van der Waals surface area contributed by atoms with Crippen LogP contribution in [0.1, 0.15) is 61.9 Å². The lowest BCUT2D eigenvalue weighted by atomic mass is 9.72. The molecule has 0 radical (unpaired) electrons. The number of anilines is 1. The van der Waals surface area contributed by atoms with E-state index in [9.17, 15) is 13.2 Å². The molecular weight excluding hydrogens is 787 g/mol. The third-order valence-electron chi connectivity index (χ3n) is 10.4. The smallest absolute Gasteiger partial charge is 0.268 e. The van der Waals surface area contributed by atoms with E-state index in [2.05, 4.69) is 56.5 Å². The van der Waals surface area contributed by atoms with Gasteiger partial charge in [0.15, 0.2) is 0 Å². The van der Waals surface area contributed by atoms with Gasteiger partial charge in [-0.05, 0) is 97.0 Å². The molecule has 15 heteroatoms. The van der Waals surface area contributed by atoms with Gasteiger partial charge in [0.25, 0.3) is 15.9 Å². The average Bonchev–Trinajstić information content (AvgIpc) is 3.68. The van der Waals surface area contributed by atoms with Crippen molar-refractivity contribution >= 4 is 61.3 Å². The van der Waals surface area contributed by atoms with Gasteiger partial charge in [0.1, 0.15) is 21.4 Å². The molecule has 2 aliphatic rings. The predicted octanol–water partition coefficient (Wildman–Crippen LogP) is 8.65. The lowest BCUT2D eigenvalue weighted by Crippen LogP contribution is -2.31. The van der Waals surface area contributed by atoms with Crippen molar-refractivity contribution in [2.45, 2.75) is 50.8 Å². The van der Waals surface area contributed by atoms with Crippen LogP contribution in [0.5, 0.6) is 17.4 Å². The molecule has 1 aliphatic carbocycles. The van der Waals surface area contributed by atoms with Crippen molar-refractivity contribution in [2.24, 2.45) is 11.3 Å². The number of hydrogen-bond acceptors (Lipinski definition) is 10. The molecule has 0 atom stereocenters. The summed E-state index contributed by atoms with van der Waals surface area (Å²) in [6, 6.07) is 19.6. The third-order valence-corrected chi connectivity index (χ3v) is 12.2. The Bertz CT molecular complexity index is 2360. The van der Waals surface area contributed by atoms with Crippen molar-refractivity contribution in [1.29, 1.82) is 0 Å². The molecule has 4 N–H and O–H groups in total. The summed E-state index contributed by atoms with van der Waals surface area (Å²) in [4.78, 5) is 17.6. The number of nitrogens with zero attached hydrogens (tertiary/aromatic N) is 2. The highest BCUT2D eigenvalue weighted by molar-refractivity contribution is 7.90. The number of nitrogens with one attached hydrogen (secondary N) is 4. The number of carbonyl (C=O) groups is 1. The van der Waals surface area contributed by atoms with Gasteiger partial charge in [0.2, 0.25) is 5.88 Å². The highest BCUT2D eigenvalue weighted by Crippen LogP contribution is 2.43. The van der Waals surface area contributed by atoms with Crippen molar-refractivity contribution in [1.82, 2.24) is 25.2 Å². The molecule has 0 bridgehead atoms. The van der Waals surface area contributed by atoms with E-state index in [4.69, 9.17) is 37.4 Å². The van der Waals surface area contributed by atoms with Crippen LogP contribution in [0, 0.1) is 11.3 Å². The minimum absolute atomic E-state index is 0.0000998. The highest BCUT2D eigenvalue weighted by atomic mass is 35.5. The maximum atomic E-state index is 13.7. The molecule has 1 amide bonds. The Labute approximate surface area is 342 Å². The quantitative estimate of drug-likeness (QED) is 0.0753. The molecule has 0 saturated carbocycles. The first-order chi connectivity index (χ1) is 27.4. The minimum atomic E-state index is -4.39. The maximum absolute atomic E-state index is 13.7. The number of sulfonamides is 1. The summed E-state index contributed by atoms with van der Waals surface area (Å²) < 4.78 is 46.6. The van der Waals surface area contributed by atoms with Gasteiger partial charge in [0, 0.05) is 49.6 Å². The van der Waals surface area contributed by atoms with Crippen molar-refractivity contribution in [3.05, 3.63) is 106 Å². The largest absolute Gasteiger partial charge is 0.476 e. The van der Waals surface area contributed by atoms with E-state index in [0.717, 1.165) is 55.4 Å². The van der Waals surface area contributed by atoms with Crippen molar-refractivity contribution in [2.75, 3.05) is 44.8 Å². The van der Waals surface area contributed by atoms with Crippen LogP contribution >= 0.6 is 23.2 Å². The normalized spacial score (nSPS) is 16.1. The number of pyridine rings is 1. The molecule has 300 valence electrons. The van der Waals surface area contributed by atoms with E-state index >= 15 is 0 Å². The number of rotatable bonds is 15. The number of halogens is 2. The fourth-order valence-corrected chi connectivity index (χ4v) is 8.43. The van der Waals surface area contributed by atoms with Gasteiger partial charge in [-0.3, -0.25) is 9.89 Å². The molecule has 0 spiro atoms. The van der Waals surface area contributed by atoms with E-state index < -0.39 is 15.9 Å². The number of aromatic amines is 1. The number of H-pyrrole nitrogens is 1. The number of hydrogen-bond donors (Lipinski definition) is 4. The summed E-state index contributed by atoms with van der Waals surface area (Å²) in [5.74, 6) is 0.0961. The molecule has 12 nitrogen and oxygen atoms in total. The van der Waals surface area contributed by atoms with Crippen molar-refractivity contribution < 1.29 is 27.4 Å². The zero-order chi connectivity index (χ0) is 40.0. The summed E-state index contributed by atoms with van der Waals surface area (Å²) >= 11 is 12.6. The monoisotopic (exact) mass is 832 g/mol. The third kappa shape index (κ3) is 10.3. The fourth-order valence-electron chi connectivity index (χ4n) is 7.08. The zero-order valence-corrected chi connectivity index (χ0v) is 34.2. The van der Waals surface area contributed by atoms with Crippen LogP contribution in [-0.2, 0) is 14.8 Å². The number of allylic oxidation sites excluding steroid dienone is 1. The molecule has 7 rings (SSSR count). The van der Waals surface area contributed by atoms with Crippen LogP contribution in [-0.4, -0.2) is 69.0 Å². The van der Waals surface area contributed by atoms with Gasteiger partial charge >= 0.3 is 0 Å². The molecule has 3 heterocycles. The first-order valence-electron chi connectivity index (χ1n) is 19.0. The number of ether oxygens (including phenoxy) is 3. The fraction of sp³-hybridized carbons (Fsp3) is 0.357. The minimum Gasteiger partial charge on any atom is -0.476 e. The molecule has 2 aromatic heterocycles. The molecule has 1 aliphatic heterocycles. The summed E-state index contributed by atoms with van der Waals surface area (Å²) in [6.07, 6.45) is 7.60. The second kappa shape index (κ2) is 17.9. The first-order valence-corrected chi connectivity index (χ1v) is 21.3. The highest BCUT2D eigenvalue weighted by Gasteiger charge is 2.28. The lowest BCUT2D eigenvalue weighted by molar-refractivity contribution is 0.0490. The second-order valence-electron chi connectivity index (χ2n) is 15.2. The Balaban J connectivity index is 1.04. The first kappa shape index (κ1) is 40.5. The number of aromatic nitrogens is 3. The second-order valence-corrected chi connectivity index (χ2v) is 17.7. The Hall–Kier alpha value is -4.66. The standard InChI is InChI=1S/C42H46Cl2N6O6S/c1-42(2)15-12-29(34(22-42)28-6-8-30(43)9-7-28)23-45-16-17-46-31-10-11-33(39(20-31)56-38-5-3-4-37-35(38)25-48-49-37)40(51)50-57(52,53)32-21-36(44)41(47-24-32)55-26-27-13-18-54-19-14-27/h3-11,20-21,24-25,27,45-46H,12-19,22-23,26H2,1-2H3,(H,48,49)(H,50,51). The van der Waals surface area contributed by atoms with Gasteiger partial charge in [-0.25, -0.2) is 18.1 Å². The van der Waals surface area contributed by atoms with Crippen LogP contribution in [0.25, 0.3) is 16.5 Å². The Morgan fingerprint density at radius 2 is 1.81 bits per heavy atom. The van der Waals surface area contributed by atoms with Crippen LogP contribution in [0.3, 0.4) is 0 Å². The Morgan fingerprint density at radius 3 is 2.60 bits per heavy atom. The molecule has 1 saturated heterocycles. The van der Waals surface area contributed by atoms with Gasteiger partial charge in [-0.1, -0.05) is 60.8 Å². The van der Waals surface area contributed by atoms with Crippen LogP contribution in [0.4, 0.5) is 5.69 Å². The molecule has 0 unspecified atom stereocenters. The molecular formula is C42H46Cl2N6O6S. The number of amides is 1. The number of carbonyl (C=O) groups excluding carboxylic acids is 1. The Morgan fingerprint density at radius 1 is 1.00 bits per heavy atom. The number of fused-ring (bicyclic) bond motifs is 1. The average molecular weight is 834 g/mol. The Kier molecular flexibility index (Phi) is 12.7. The summed E-state index contributed by atoms with van der Waals surface area (Å²) in [5.41, 5.74) is 5.63. The SMILES string of the molecule is CC1(C)CCC(CNCCNc2ccc(C(=O)NS(=O)(=O)c3cnc(OCC4CCOCC4)c(Cl)c3)c(Oc3cccc4[nH]ncc34)c2)=C(c2ccc(Cl)cc2)C1. The van der Waals surface area contributed by atoms with Gasteiger partial charge in [0.05, 0.1) is 35.5 Å². The molecule has 3 aromatic carbocycles. The van der Waals surface area contributed by atoms with E-state index in [1.54, 1.807) is 30.5 Å². The van der Waals surface area contributed by atoms with Crippen LogP contribution in [0.15, 0.2) is 89.6 Å². The van der Waals surface area contributed by atoms with Crippen LogP contribution in [0.2, 0.25) is 10.0 Å². The van der Waals surface area contributed by atoms with E-state index in [0.29, 0.717) is 55.7 Å². The van der Waals surface area contributed by atoms with E-state index in [-0.39, 0.29) is 32.5 Å². The van der Waals surface area contributed by atoms with Gasteiger partial charge in [-0.15, -0.1) is 0 Å². The summed E-state index contributed by atoms with van der Waals surface area (Å²) in [5, 5.41) is 15.4. The topological polar surface area (TPSA) is 157 Å². The van der Waals surface area contributed by atoms with Crippen LogP contribution < -0.4 is 24.8 Å². The molecule has 5 aromatic rings. The maximum Gasteiger partial charge on any atom is 0.268 e.